The fourth-order valence-corrected chi connectivity index (χ4v) is 3.53. The first-order chi connectivity index (χ1) is 5.46. The highest BCUT2D eigenvalue weighted by molar-refractivity contribution is 9.15. The zero-order valence-electron chi connectivity index (χ0n) is 5.27. The zero-order valence-corrected chi connectivity index (χ0v) is 13.1. The van der Waals surface area contributed by atoms with E-state index in [4.69, 9.17) is 23.2 Å². The molecule has 0 aliphatic rings. The van der Waals surface area contributed by atoms with Crippen LogP contribution in [-0.2, 0) is 0 Å². The van der Waals surface area contributed by atoms with Gasteiger partial charge in [0.25, 0.3) is 0 Å². The van der Waals surface area contributed by atoms with E-state index < -0.39 is 0 Å². The molecule has 0 atom stereocenters. The minimum absolute atomic E-state index is 0.485. The molecule has 0 heterocycles. The second kappa shape index (κ2) is 4.49. The van der Waals surface area contributed by atoms with Crippen LogP contribution in [0.3, 0.4) is 0 Å². The second-order valence-electron chi connectivity index (χ2n) is 1.88. The molecule has 1 rings (SSSR count). The molecule has 0 aliphatic carbocycles. The summed E-state index contributed by atoms with van der Waals surface area (Å²) in [7, 11) is 0. The van der Waals surface area contributed by atoms with Crippen molar-refractivity contribution in [2.45, 2.75) is 0 Å². The molecule has 0 amide bonds. The van der Waals surface area contributed by atoms with E-state index in [9.17, 15) is 0 Å². The summed E-state index contributed by atoms with van der Waals surface area (Å²) in [6.45, 7) is 0. The van der Waals surface area contributed by atoms with Gasteiger partial charge in [0.15, 0.2) is 0 Å². The molecule has 0 aromatic heterocycles. The van der Waals surface area contributed by atoms with E-state index in [-0.39, 0.29) is 0 Å². The van der Waals surface area contributed by atoms with Crippen molar-refractivity contribution in [2.24, 2.45) is 0 Å². The Morgan fingerprint density at radius 3 is 1.08 bits per heavy atom. The van der Waals surface area contributed by atoms with Crippen LogP contribution in [0.15, 0.2) is 17.9 Å². The number of halogens is 6. The third kappa shape index (κ3) is 2.04. The van der Waals surface area contributed by atoms with Gasteiger partial charge in [0, 0.05) is 8.95 Å². The highest BCUT2D eigenvalue weighted by atomic mass is 79.9. The number of rotatable bonds is 0. The summed E-state index contributed by atoms with van der Waals surface area (Å²) in [5.74, 6) is 0. The van der Waals surface area contributed by atoms with Crippen molar-refractivity contribution in [1.29, 1.82) is 0 Å². The van der Waals surface area contributed by atoms with Gasteiger partial charge in [-0.15, -0.1) is 0 Å². The molecule has 12 heavy (non-hydrogen) atoms. The van der Waals surface area contributed by atoms with E-state index >= 15 is 0 Å². The number of hydrogen-bond donors (Lipinski definition) is 0. The van der Waals surface area contributed by atoms with Crippen LogP contribution in [0.2, 0.25) is 10.0 Å². The zero-order chi connectivity index (χ0) is 9.46. The van der Waals surface area contributed by atoms with Crippen molar-refractivity contribution in [3.05, 3.63) is 27.9 Å². The average Bonchev–Trinajstić information content (AvgIpc) is 2.08. The van der Waals surface area contributed by atoms with Gasteiger partial charge in [-0.3, -0.25) is 0 Å². The molecule has 0 spiro atoms. The van der Waals surface area contributed by atoms with Crippen molar-refractivity contribution in [3.8, 4) is 0 Å². The lowest BCUT2D eigenvalue weighted by Gasteiger charge is -2.07. The van der Waals surface area contributed by atoms with Crippen LogP contribution in [0.1, 0.15) is 0 Å². The van der Waals surface area contributed by atoms with Crippen LogP contribution in [0.25, 0.3) is 0 Å². The molecule has 0 N–H and O–H groups in total. The predicted octanol–water partition coefficient (Wildman–Crippen LogP) is 6.04. The summed E-state index contributed by atoms with van der Waals surface area (Å²) < 4.78 is 3.15. The molecule has 0 nitrogen and oxygen atoms in total. The van der Waals surface area contributed by atoms with Gasteiger partial charge in [0.1, 0.15) is 0 Å². The lowest BCUT2D eigenvalue weighted by atomic mass is 10.4. The summed E-state index contributed by atoms with van der Waals surface area (Å²) in [4.78, 5) is 0. The Labute approximate surface area is 114 Å². The van der Waals surface area contributed by atoms with E-state index in [1.54, 1.807) is 0 Å². The fraction of sp³-hybridized carbons (Fsp3) is 0. The van der Waals surface area contributed by atoms with E-state index in [1.165, 1.54) is 0 Å². The van der Waals surface area contributed by atoms with Crippen LogP contribution in [0, 0.1) is 0 Å². The van der Waals surface area contributed by atoms with Crippen molar-refractivity contribution in [1.82, 2.24) is 0 Å². The van der Waals surface area contributed by atoms with E-state index in [1.807, 2.05) is 0 Å². The first kappa shape index (κ1) is 11.8. The fourth-order valence-electron chi connectivity index (χ4n) is 0.578. The molecular formula is C6Br4Cl2. The first-order valence-corrected chi connectivity index (χ1v) is 6.56. The van der Waals surface area contributed by atoms with E-state index in [0.29, 0.717) is 10.0 Å². The number of benzene rings is 1. The standard InChI is InChI=1S/C6Br4Cl2/c7-1-2(8)4(10)6(12)5(11)3(1)9. The van der Waals surface area contributed by atoms with Gasteiger partial charge < -0.3 is 0 Å². The monoisotopic (exact) mass is 458 g/mol. The van der Waals surface area contributed by atoms with Gasteiger partial charge in [-0.1, -0.05) is 23.2 Å². The average molecular weight is 463 g/mol. The van der Waals surface area contributed by atoms with Gasteiger partial charge in [0.05, 0.1) is 19.0 Å². The lowest BCUT2D eigenvalue weighted by molar-refractivity contribution is 1.49. The van der Waals surface area contributed by atoms with Crippen molar-refractivity contribution in [2.75, 3.05) is 0 Å². The highest BCUT2D eigenvalue weighted by Gasteiger charge is 2.15. The normalized spacial score (nSPS) is 10.5. The summed E-state index contributed by atoms with van der Waals surface area (Å²) >= 11 is 25.1. The maximum Gasteiger partial charge on any atom is 0.0758 e. The highest BCUT2D eigenvalue weighted by Crippen LogP contribution is 2.46. The van der Waals surface area contributed by atoms with Crippen molar-refractivity contribution < 1.29 is 0 Å². The Bertz CT molecular complexity index is 232. The van der Waals surface area contributed by atoms with Crippen LogP contribution in [-0.4, -0.2) is 0 Å². The molecule has 0 fully saturated rings. The Hall–Kier alpha value is 1.72. The third-order valence-corrected chi connectivity index (χ3v) is 7.23. The lowest BCUT2D eigenvalue weighted by Crippen LogP contribution is -1.80. The maximum atomic E-state index is 5.90. The topological polar surface area (TPSA) is 0 Å². The Balaban J connectivity index is 3.60. The molecule has 0 radical (unpaired) electrons. The summed E-state index contributed by atoms with van der Waals surface area (Å²) in [5, 5.41) is 0.970. The minimum Gasteiger partial charge on any atom is -0.0814 e. The molecule has 0 saturated carbocycles. The van der Waals surface area contributed by atoms with Gasteiger partial charge in [-0.2, -0.15) is 0 Å². The Morgan fingerprint density at radius 1 is 0.583 bits per heavy atom. The quantitative estimate of drug-likeness (QED) is 0.326. The molecular weight excluding hydrogens is 463 g/mol. The third-order valence-electron chi connectivity index (χ3n) is 1.16. The van der Waals surface area contributed by atoms with Crippen molar-refractivity contribution >= 4 is 86.9 Å². The maximum absolute atomic E-state index is 5.90. The Morgan fingerprint density at radius 2 is 0.833 bits per heavy atom. The van der Waals surface area contributed by atoms with Gasteiger partial charge in [-0.05, 0) is 63.7 Å². The smallest absolute Gasteiger partial charge is 0.0758 e. The summed E-state index contributed by atoms with van der Waals surface area (Å²) in [5.41, 5.74) is 0. The predicted molar refractivity (Wildman–Crippen MR) is 67.3 cm³/mol. The molecule has 66 valence electrons. The molecule has 0 aliphatic heterocycles. The largest absolute Gasteiger partial charge is 0.0814 e. The molecule has 0 bridgehead atoms. The summed E-state index contributed by atoms with van der Waals surface area (Å²) in [6.07, 6.45) is 0. The van der Waals surface area contributed by atoms with Crippen LogP contribution in [0.5, 0.6) is 0 Å². The summed E-state index contributed by atoms with van der Waals surface area (Å²) in [6, 6.07) is 0. The molecule has 1 aromatic carbocycles. The molecule has 0 saturated heterocycles. The van der Waals surface area contributed by atoms with Gasteiger partial charge in [-0.25, -0.2) is 0 Å². The minimum atomic E-state index is 0.485. The number of hydrogen-bond acceptors (Lipinski definition) is 0. The first-order valence-electron chi connectivity index (χ1n) is 2.63. The molecule has 6 heteroatoms. The van der Waals surface area contributed by atoms with Crippen LogP contribution < -0.4 is 0 Å². The van der Waals surface area contributed by atoms with Crippen molar-refractivity contribution in [3.63, 3.8) is 0 Å². The Kier molecular flexibility index (Phi) is 4.42. The van der Waals surface area contributed by atoms with Gasteiger partial charge >= 0.3 is 0 Å². The molecule has 1 aromatic rings. The van der Waals surface area contributed by atoms with Crippen LogP contribution in [0.4, 0.5) is 0 Å². The SMILES string of the molecule is Clc1c(Cl)c(Br)c(Br)c(Br)c1Br. The van der Waals surface area contributed by atoms with Crippen LogP contribution >= 0.6 is 86.9 Å². The van der Waals surface area contributed by atoms with E-state index in [0.717, 1.165) is 17.9 Å². The van der Waals surface area contributed by atoms with E-state index in [2.05, 4.69) is 63.7 Å². The molecule has 0 unspecified atom stereocenters. The van der Waals surface area contributed by atoms with Gasteiger partial charge in [0.2, 0.25) is 0 Å². The second-order valence-corrected chi connectivity index (χ2v) is 5.81.